The molecule has 0 spiro atoms. The lowest BCUT2D eigenvalue weighted by molar-refractivity contribution is -0.153. The summed E-state index contributed by atoms with van der Waals surface area (Å²) < 4.78 is 0. The van der Waals surface area contributed by atoms with Crippen molar-refractivity contribution in [3.8, 4) is 5.75 Å². The highest BCUT2D eigenvalue weighted by molar-refractivity contribution is 6.24. The summed E-state index contributed by atoms with van der Waals surface area (Å²) in [5, 5.41) is 47.6. The van der Waals surface area contributed by atoms with Gasteiger partial charge in [-0.25, -0.2) is 0 Å². The molecule has 4 atom stereocenters. The summed E-state index contributed by atoms with van der Waals surface area (Å²) in [6.45, 7) is 0.536. The monoisotopic (exact) mass is 483 g/mol. The zero-order valence-corrected chi connectivity index (χ0v) is 19.5. The molecule has 2 fully saturated rings. The van der Waals surface area contributed by atoms with Crippen molar-refractivity contribution in [1.82, 2.24) is 10.2 Å². The number of Topliss-reactive ketones (excluding diaryl/α,β-unsaturated/α-hetero) is 2. The summed E-state index contributed by atoms with van der Waals surface area (Å²) in [6, 6.07) is 2.59. The van der Waals surface area contributed by atoms with E-state index in [1.165, 1.54) is 11.0 Å². The number of hydrogen-bond donors (Lipinski definition) is 6. The van der Waals surface area contributed by atoms with Gasteiger partial charge in [0.05, 0.1) is 11.6 Å². The topological polar surface area (TPSA) is 173 Å². The third kappa shape index (κ3) is 3.31. The predicted octanol–water partition coefficient (Wildman–Crippen LogP) is 0.216. The number of benzene rings is 1. The van der Waals surface area contributed by atoms with Crippen molar-refractivity contribution in [3.63, 3.8) is 0 Å². The van der Waals surface area contributed by atoms with E-state index in [9.17, 15) is 34.8 Å². The van der Waals surface area contributed by atoms with Gasteiger partial charge in [-0.15, -0.1) is 0 Å². The fourth-order valence-corrected chi connectivity index (χ4v) is 6.02. The van der Waals surface area contributed by atoms with E-state index >= 15 is 0 Å². The molecule has 10 heteroatoms. The van der Waals surface area contributed by atoms with Crippen LogP contribution in [0.25, 0.3) is 5.76 Å². The molecular formula is C25H29N3O7. The zero-order chi connectivity index (χ0) is 25.4. The third-order valence-electron chi connectivity index (χ3n) is 7.86. The molecule has 4 aliphatic rings. The first kappa shape index (κ1) is 23.5. The van der Waals surface area contributed by atoms with Gasteiger partial charge in [0.1, 0.15) is 22.8 Å². The Morgan fingerprint density at radius 2 is 1.89 bits per heavy atom. The average molecular weight is 484 g/mol. The van der Waals surface area contributed by atoms with Gasteiger partial charge in [0.2, 0.25) is 5.78 Å². The van der Waals surface area contributed by atoms with Crippen molar-refractivity contribution in [2.24, 2.45) is 17.6 Å². The van der Waals surface area contributed by atoms with Crippen LogP contribution in [-0.2, 0) is 27.3 Å². The second-order valence-electron chi connectivity index (χ2n) is 10.2. The maximum absolute atomic E-state index is 13.8. The second-order valence-corrected chi connectivity index (χ2v) is 10.2. The lowest BCUT2D eigenvalue weighted by atomic mass is 9.57. The van der Waals surface area contributed by atoms with Crippen LogP contribution in [-0.4, -0.2) is 74.6 Å². The number of amides is 1. The minimum absolute atomic E-state index is 0.0803. The van der Waals surface area contributed by atoms with E-state index in [-0.39, 0.29) is 23.3 Å². The Kier molecular flexibility index (Phi) is 5.31. The molecule has 35 heavy (non-hydrogen) atoms. The van der Waals surface area contributed by atoms with Crippen LogP contribution in [0.3, 0.4) is 0 Å². The van der Waals surface area contributed by atoms with Gasteiger partial charge >= 0.3 is 0 Å². The number of rotatable bonds is 5. The average Bonchev–Trinajstić information content (AvgIpc) is 3.60. The van der Waals surface area contributed by atoms with Gasteiger partial charge in [-0.2, -0.15) is 0 Å². The number of hydrogen-bond acceptors (Lipinski definition) is 9. The molecule has 4 aliphatic carbocycles. The van der Waals surface area contributed by atoms with Crippen LogP contribution >= 0.6 is 0 Å². The van der Waals surface area contributed by atoms with Crippen LogP contribution in [0.4, 0.5) is 0 Å². The quantitative estimate of drug-likeness (QED) is 0.320. The number of phenols is 1. The first-order valence-electron chi connectivity index (χ1n) is 11.7. The number of aliphatic hydroxyl groups excluding tert-OH is 2. The Bertz CT molecular complexity index is 1230. The summed E-state index contributed by atoms with van der Waals surface area (Å²) in [5.74, 6) is -6.42. The van der Waals surface area contributed by atoms with Gasteiger partial charge < -0.3 is 31.5 Å². The van der Waals surface area contributed by atoms with E-state index in [4.69, 9.17) is 5.73 Å². The fraction of sp³-hybridized carbons (Fsp3) is 0.480. The second kappa shape index (κ2) is 7.91. The Morgan fingerprint density at radius 1 is 1.20 bits per heavy atom. The predicted molar refractivity (Wildman–Crippen MR) is 124 cm³/mol. The number of aromatic hydroxyl groups is 1. The highest BCUT2D eigenvalue weighted by Gasteiger charge is 2.64. The van der Waals surface area contributed by atoms with E-state index in [2.05, 4.69) is 5.32 Å². The van der Waals surface area contributed by atoms with Crippen LogP contribution in [0.5, 0.6) is 5.75 Å². The van der Waals surface area contributed by atoms with E-state index in [0.29, 0.717) is 24.6 Å². The number of ketones is 2. The Hall–Kier alpha value is -3.21. The summed E-state index contributed by atoms with van der Waals surface area (Å²) in [6.07, 6.45) is 2.57. The minimum Gasteiger partial charge on any atom is -0.508 e. The van der Waals surface area contributed by atoms with Crippen molar-refractivity contribution in [1.29, 1.82) is 0 Å². The smallest absolute Gasteiger partial charge is 0.255 e. The molecule has 2 saturated carbocycles. The van der Waals surface area contributed by atoms with Crippen molar-refractivity contribution in [2.75, 3.05) is 14.1 Å². The SMILES string of the molecule is CN(C)[C@@H]1C(=O)C(C(N)=O)=C(O)[C@@]2(O)C(=O)C3=C(O)c4c(O)ccc(CNC5CC5)c4C[C@H]3C[C@@H]12. The van der Waals surface area contributed by atoms with Crippen LogP contribution in [0.1, 0.15) is 36.0 Å². The largest absolute Gasteiger partial charge is 0.508 e. The van der Waals surface area contributed by atoms with Gasteiger partial charge in [0.15, 0.2) is 11.4 Å². The molecule has 1 amide bonds. The van der Waals surface area contributed by atoms with Crippen LogP contribution in [0.2, 0.25) is 0 Å². The number of nitrogens with zero attached hydrogens (tertiary/aromatic N) is 1. The van der Waals surface area contributed by atoms with Crippen LogP contribution in [0.15, 0.2) is 29.0 Å². The molecule has 0 saturated heterocycles. The Balaban J connectivity index is 1.67. The number of nitrogens with one attached hydrogen (secondary N) is 1. The van der Waals surface area contributed by atoms with Gasteiger partial charge in [-0.05, 0) is 62.9 Å². The maximum Gasteiger partial charge on any atom is 0.255 e. The van der Waals surface area contributed by atoms with Crippen LogP contribution < -0.4 is 11.1 Å². The third-order valence-corrected chi connectivity index (χ3v) is 7.86. The van der Waals surface area contributed by atoms with Crippen molar-refractivity contribution < 1.29 is 34.8 Å². The number of phenolic OH excluding ortho intramolecular Hbond substituents is 1. The number of carbonyl (C=O) groups is 3. The molecular weight excluding hydrogens is 454 g/mol. The first-order chi connectivity index (χ1) is 16.5. The molecule has 10 nitrogen and oxygen atoms in total. The van der Waals surface area contributed by atoms with E-state index < -0.39 is 58.0 Å². The van der Waals surface area contributed by atoms with Crippen molar-refractivity contribution >= 4 is 23.2 Å². The zero-order valence-electron chi connectivity index (χ0n) is 19.5. The number of likely N-dealkylation sites (N-methyl/N-ethyl adjacent to an activating group) is 1. The van der Waals surface area contributed by atoms with Crippen molar-refractivity contribution in [3.05, 3.63) is 45.7 Å². The highest BCUT2D eigenvalue weighted by atomic mass is 16.3. The van der Waals surface area contributed by atoms with Gasteiger partial charge in [-0.1, -0.05) is 6.07 Å². The normalized spacial score (nSPS) is 30.3. The van der Waals surface area contributed by atoms with E-state index in [1.807, 2.05) is 0 Å². The molecule has 186 valence electrons. The molecule has 1 aromatic rings. The number of aliphatic hydroxyl groups is 3. The van der Waals surface area contributed by atoms with Gasteiger partial charge in [0.25, 0.3) is 5.91 Å². The summed E-state index contributed by atoms with van der Waals surface area (Å²) >= 11 is 0. The van der Waals surface area contributed by atoms with Crippen molar-refractivity contribution in [2.45, 2.75) is 49.9 Å². The lowest BCUT2D eigenvalue weighted by Crippen LogP contribution is -2.65. The molecule has 5 rings (SSSR count). The van der Waals surface area contributed by atoms with Crippen LogP contribution in [0, 0.1) is 11.8 Å². The molecule has 7 N–H and O–H groups in total. The Labute approximate surface area is 201 Å². The van der Waals surface area contributed by atoms with E-state index in [1.54, 1.807) is 20.2 Å². The number of primary amides is 1. The molecule has 0 heterocycles. The molecule has 1 aromatic carbocycles. The lowest BCUT2D eigenvalue weighted by Gasteiger charge is -2.50. The van der Waals surface area contributed by atoms with Gasteiger partial charge in [-0.3, -0.25) is 19.3 Å². The molecule has 0 bridgehead atoms. The Morgan fingerprint density at radius 3 is 2.49 bits per heavy atom. The molecule has 0 unspecified atom stereocenters. The number of fused-ring (bicyclic) bond motifs is 3. The summed E-state index contributed by atoms with van der Waals surface area (Å²) in [7, 11) is 3.15. The van der Waals surface area contributed by atoms with E-state index in [0.717, 1.165) is 18.4 Å². The fourth-order valence-electron chi connectivity index (χ4n) is 6.02. The summed E-state index contributed by atoms with van der Waals surface area (Å²) in [4.78, 5) is 40.4. The first-order valence-corrected chi connectivity index (χ1v) is 11.7. The molecule has 0 radical (unpaired) electrons. The number of carbonyl (C=O) groups excluding carboxylic acids is 3. The highest BCUT2D eigenvalue weighted by Crippen LogP contribution is 2.52. The summed E-state index contributed by atoms with van der Waals surface area (Å²) in [5.41, 5.74) is 3.46. The number of nitrogens with two attached hydrogens (primary N) is 1. The minimum atomic E-state index is -2.62. The molecule has 0 aromatic heterocycles. The maximum atomic E-state index is 13.8. The standard InChI is InChI=1S/C25H29N3O7/c1-28(2)19-14-8-11-7-13-10(9-27-12-4-5-12)3-6-15(29)17(13)20(30)16(11)22(32)25(14,35)23(33)18(21(19)31)24(26)34/h3,6,11-12,14,19,27,29-30,33,35H,4-5,7-9H2,1-2H3,(H2,26,34)/t11-,14-,19-,25-/m0/s1. The van der Waals surface area contributed by atoms with Gasteiger partial charge in [0, 0.05) is 24.1 Å². The molecule has 0 aliphatic heterocycles.